The summed E-state index contributed by atoms with van der Waals surface area (Å²) in [5.41, 5.74) is 6.25. The lowest BCUT2D eigenvalue weighted by Gasteiger charge is -2.15. The van der Waals surface area contributed by atoms with Crippen LogP contribution in [0.2, 0.25) is 5.02 Å². The summed E-state index contributed by atoms with van der Waals surface area (Å²) in [6.45, 7) is 1.86. The minimum Gasteiger partial charge on any atom is -0.480 e. The fraction of sp³-hybridized carbons (Fsp3) is 0.136. The van der Waals surface area contributed by atoms with E-state index >= 15 is 4.39 Å². The van der Waals surface area contributed by atoms with Crippen molar-refractivity contribution in [2.75, 3.05) is 17.6 Å². The monoisotopic (exact) mass is 505 g/mol. The smallest absolute Gasteiger partial charge is 0.267 e. The SMILES string of the molecule is CCc1cc(-c2c(F)ccc(NS(=O)(=O)c3cc(Cl)cnc3OC)c2F)cc2cnc(N)nc12. The van der Waals surface area contributed by atoms with E-state index < -0.39 is 37.8 Å². The highest BCUT2D eigenvalue weighted by molar-refractivity contribution is 7.92. The Morgan fingerprint density at radius 3 is 2.62 bits per heavy atom. The Bertz CT molecular complexity index is 1530. The Labute approximate surface area is 198 Å². The zero-order valence-corrected chi connectivity index (χ0v) is 19.5. The summed E-state index contributed by atoms with van der Waals surface area (Å²) in [5.74, 6) is -2.13. The van der Waals surface area contributed by atoms with Crippen LogP contribution in [0.15, 0.2) is 47.6 Å². The molecule has 0 unspecified atom stereocenters. The number of nitrogens with zero attached hydrogens (tertiary/aromatic N) is 3. The van der Waals surface area contributed by atoms with Gasteiger partial charge in [-0.2, -0.15) is 0 Å². The molecule has 2 aromatic carbocycles. The van der Waals surface area contributed by atoms with Crippen LogP contribution in [0, 0.1) is 11.6 Å². The van der Waals surface area contributed by atoms with Crippen LogP contribution in [0.1, 0.15) is 12.5 Å². The molecule has 12 heteroatoms. The molecule has 0 radical (unpaired) electrons. The van der Waals surface area contributed by atoms with Crippen LogP contribution in [0.3, 0.4) is 0 Å². The number of fused-ring (bicyclic) bond motifs is 1. The predicted octanol–water partition coefficient (Wildman–Crippen LogP) is 4.58. The maximum atomic E-state index is 15.5. The highest BCUT2D eigenvalue weighted by Gasteiger charge is 2.25. The van der Waals surface area contributed by atoms with E-state index in [9.17, 15) is 12.8 Å². The molecule has 0 spiro atoms. The van der Waals surface area contributed by atoms with Gasteiger partial charge in [0, 0.05) is 17.8 Å². The van der Waals surface area contributed by atoms with E-state index in [0.717, 1.165) is 18.2 Å². The third-order valence-corrected chi connectivity index (χ3v) is 6.62. The lowest BCUT2D eigenvalue weighted by molar-refractivity contribution is 0.385. The van der Waals surface area contributed by atoms with Gasteiger partial charge in [0.15, 0.2) is 10.7 Å². The van der Waals surface area contributed by atoms with Gasteiger partial charge in [0.25, 0.3) is 10.0 Å². The molecule has 0 aliphatic heterocycles. The van der Waals surface area contributed by atoms with Crippen LogP contribution in [0.25, 0.3) is 22.0 Å². The Hall–Kier alpha value is -3.57. The second-order valence-corrected chi connectivity index (χ2v) is 9.29. The van der Waals surface area contributed by atoms with Gasteiger partial charge in [0.05, 0.1) is 28.9 Å². The minimum absolute atomic E-state index is 0.0348. The van der Waals surface area contributed by atoms with Crippen molar-refractivity contribution in [1.82, 2.24) is 15.0 Å². The van der Waals surface area contributed by atoms with Gasteiger partial charge in [-0.1, -0.05) is 18.5 Å². The predicted molar refractivity (Wildman–Crippen MR) is 125 cm³/mol. The number of rotatable bonds is 6. The molecule has 3 N–H and O–H groups in total. The van der Waals surface area contributed by atoms with E-state index in [-0.39, 0.29) is 22.4 Å². The van der Waals surface area contributed by atoms with Crippen molar-refractivity contribution in [2.45, 2.75) is 18.2 Å². The van der Waals surface area contributed by atoms with E-state index in [0.29, 0.717) is 22.9 Å². The van der Waals surface area contributed by atoms with Gasteiger partial charge in [-0.25, -0.2) is 32.2 Å². The number of benzene rings is 2. The second kappa shape index (κ2) is 8.99. The van der Waals surface area contributed by atoms with E-state index in [1.54, 1.807) is 6.07 Å². The number of pyridine rings is 1. The Kier molecular flexibility index (Phi) is 6.24. The van der Waals surface area contributed by atoms with Crippen LogP contribution >= 0.6 is 11.6 Å². The van der Waals surface area contributed by atoms with E-state index in [1.807, 2.05) is 6.92 Å². The first kappa shape index (κ1) is 23.6. The minimum atomic E-state index is -4.38. The molecule has 4 aromatic rings. The molecule has 4 rings (SSSR count). The van der Waals surface area contributed by atoms with Crippen molar-refractivity contribution >= 4 is 44.2 Å². The Morgan fingerprint density at radius 2 is 1.91 bits per heavy atom. The highest BCUT2D eigenvalue weighted by atomic mass is 35.5. The molecule has 8 nitrogen and oxygen atoms in total. The maximum Gasteiger partial charge on any atom is 0.267 e. The number of hydrogen-bond acceptors (Lipinski definition) is 7. The molecule has 0 saturated heterocycles. The number of nitrogens with two attached hydrogens (primary N) is 1. The van der Waals surface area contributed by atoms with Crippen molar-refractivity contribution in [3.05, 3.63) is 64.9 Å². The molecule has 0 aliphatic rings. The molecule has 34 heavy (non-hydrogen) atoms. The highest BCUT2D eigenvalue weighted by Crippen LogP contribution is 2.35. The number of hydrogen-bond donors (Lipinski definition) is 2. The van der Waals surface area contributed by atoms with Gasteiger partial charge >= 0.3 is 0 Å². The molecule has 0 atom stereocenters. The number of sulfonamides is 1. The Balaban J connectivity index is 1.84. The van der Waals surface area contributed by atoms with Gasteiger partial charge < -0.3 is 10.5 Å². The van der Waals surface area contributed by atoms with Gasteiger partial charge in [-0.05, 0) is 47.9 Å². The van der Waals surface area contributed by atoms with Crippen molar-refractivity contribution < 1.29 is 21.9 Å². The molecule has 0 bridgehead atoms. The van der Waals surface area contributed by atoms with Crippen LogP contribution in [-0.4, -0.2) is 30.5 Å². The number of methoxy groups -OCH3 is 1. The third kappa shape index (κ3) is 4.31. The summed E-state index contributed by atoms with van der Waals surface area (Å²) in [6, 6.07) is 6.16. The molecule has 0 amide bonds. The normalized spacial score (nSPS) is 11.6. The van der Waals surface area contributed by atoms with Gasteiger partial charge in [0.2, 0.25) is 11.8 Å². The lowest BCUT2D eigenvalue weighted by Crippen LogP contribution is -2.16. The fourth-order valence-electron chi connectivity index (χ4n) is 3.50. The topological polar surface area (TPSA) is 120 Å². The Morgan fingerprint density at radius 1 is 1.15 bits per heavy atom. The summed E-state index contributed by atoms with van der Waals surface area (Å²) in [7, 11) is -3.15. The summed E-state index contributed by atoms with van der Waals surface area (Å²) < 4.78 is 63.4. The molecular weight excluding hydrogens is 488 g/mol. The zero-order valence-electron chi connectivity index (χ0n) is 17.9. The number of nitrogen functional groups attached to an aromatic ring is 1. The molecule has 0 saturated carbocycles. The van der Waals surface area contributed by atoms with Gasteiger partial charge in [-0.3, -0.25) is 4.72 Å². The van der Waals surface area contributed by atoms with Crippen LogP contribution in [0.5, 0.6) is 5.88 Å². The average molecular weight is 506 g/mol. The summed E-state index contributed by atoms with van der Waals surface area (Å²) in [4.78, 5) is 11.6. The summed E-state index contributed by atoms with van der Waals surface area (Å²) >= 11 is 5.87. The molecular formula is C22H18ClF2N5O3S. The second-order valence-electron chi connectivity index (χ2n) is 7.21. The summed E-state index contributed by atoms with van der Waals surface area (Å²) in [5, 5.41) is 0.565. The number of aryl methyl sites for hydroxylation is 1. The number of anilines is 2. The number of nitrogens with one attached hydrogen (secondary N) is 1. The van der Waals surface area contributed by atoms with Crippen LogP contribution in [-0.2, 0) is 16.4 Å². The molecule has 0 fully saturated rings. The standard InChI is InChI=1S/C22H18ClF2N5O3S/c1-3-11-6-12(7-13-9-28-22(26)29-20(11)13)18-15(24)4-5-16(19(18)25)30-34(31,32)17-8-14(23)10-27-21(17)33-2/h4-10,30H,3H2,1-2H3,(H2,26,28,29). The first-order valence-corrected chi connectivity index (χ1v) is 11.8. The molecule has 176 valence electrons. The quantitative estimate of drug-likeness (QED) is 0.393. The van der Waals surface area contributed by atoms with Crippen LogP contribution < -0.4 is 15.2 Å². The van der Waals surface area contributed by atoms with Gasteiger partial charge in [-0.15, -0.1) is 0 Å². The van der Waals surface area contributed by atoms with Crippen molar-refractivity contribution in [3.63, 3.8) is 0 Å². The number of aromatic nitrogens is 3. The van der Waals surface area contributed by atoms with Crippen LogP contribution in [0.4, 0.5) is 20.4 Å². The van der Waals surface area contributed by atoms with E-state index in [4.69, 9.17) is 22.1 Å². The maximum absolute atomic E-state index is 15.5. The third-order valence-electron chi connectivity index (χ3n) is 5.05. The molecule has 2 heterocycles. The largest absolute Gasteiger partial charge is 0.480 e. The number of ether oxygens (including phenoxy) is 1. The molecule has 2 aromatic heterocycles. The summed E-state index contributed by atoms with van der Waals surface area (Å²) in [6.07, 6.45) is 3.18. The van der Waals surface area contributed by atoms with Crippen molar-refractivity contribution in [1.29, 1.82) is 0 Å². The fourth-order valence-corrected chi connectivity index (χ4v) is 4.92. The van der Waals surface area contributed by atoms with Crippen molar-refractivity contribution in [2.24, 2.45) is 0 Å². The average Bonchev–Trinajstić information content (AvgIpc) is 2.80. The lowest BCUT2D eigenvalue weighted by atomic mass is 9.97. The molecule has 0 aliphatic carbocycles. The number of halogens is 3. The van der Waals surface area contributed by atoms with Gasteiger partial charge in [0.1, 0.15) is 5.82 Å². The van der Waals surface area contributed by atoms with E-state index in [2.05, 4.69) is 19.7 Å². The first-order valence-electron chi connectivity index (χ1n) is 9.90. The first-order chi connectivity index (χ1) is 16.1. The zero-order chi connectivity index (χ0) is 24.6. The van der Waals surface area contributed by atoms with E-state index in [1.165, 1.54) is 25.6 Å². The van der Waals surface area contributed by atoms with Crippen molar-refractivity contribution in [3.8, 4) is 17.0 Å².